The second-order valence-electron chi connectivity index (χ2n) is 15.6. The molecule has 1 N–H and O–H groups in total. The van der Waals surface area contributed by atoms with Gasteiger partial charge in [-0.3, -0.25) is 4.79 Å². The van der Waals surface area contributed by atoms with E-state index in [1.165, 1.54) is 44.6 Å². The molecule has 0 bridgehead atoms. The van der Waals surface area contributed by atoms with E-state index in [9.17, 15) is 4.79 Å². The number of ether oxygens (including phenoxy) is 2. The summed E-state index contributed by atoms with van der Waals surface area (Å²) in [6.45, 7) is 23.9. The van der Waals surface area contributed by atoms with Crippen LogP contribution in [0.4, 0.5) is 22.7 Å². The highest BCUT2D eigenvalue weighted by Crippen LogP contribution is 2.41. The van der Waals surface area contributed by atoms with Crippen LogP contribution < -0.4 is 15.1 Å². The van der Waals surface area contributed by atoms with Gasteiger partial charge in [-0.1, -0.05) is 104 Å². The van der Waals surface area contributed by atoms with Crippen molar-refractivity contribution in [2.75, 3.05) is 49.0 Å². The molecule has 0 amide bonds. The minimum Gasteiger partial charge on any atom is -0.458 e. The number of aryl methyl sites for hydroxylation is 3. The molecule has 5 aromatic rings. The zero-order valence-corrected chi connectivity index (χ0v) is 36.7. The molecule has 0 saturated carbocycles. The van der Waals surface area contributed by atoms with E-state index >= 15 is 0 Å². The van der Waals surface area contributed by atoms with Crippen molar-refractivity contribution in [2.24, 2.45) is 0 Å². The van der Waals surface area contributed by atoms with Gasteiger partial charge in [0.25, 0.3) is 0 Å². The lowest BCUT2D eigenvalue weighted by atomic mass is 9.82. The van der Waals surface area contributed by atoms with Crippen LogP contribution in [0.3, 0.4) is 0 Å². The minimum atomic E-state index is -0.442. The maximum Gasteiger partial charge on any atom is 0.306 e. The predicted octanol–water partition coefficient (Wildman–Crippen LogP) is 12.9. The number of rotatable bonds is 19. The first-order valence-electron chi connectivity index (χ1n) is 20.8. The van der Waals surface area contributed by atoms with Gasteiger partial charge in [0.2, 0.25) is 0 Å². The molecule has 0 fully saturated rings. The van der Waals surface area contributed by atoms with Crippen LogP contribution >= 0.6 is 0 Å². The molecule has 0 spiro atoms. The summed E-state index contributed by atoms with van der Waals surface area (Å²) in [6, 6.07) is 35.4. The van der Waals surface area contributed by atoms with Gasteiger partial charge < -0.3 is 24.6 Å². The van der Waals surface area contributed by atoms with Gasteiger partial charge in [0.15, 0.2) is 0 Å². The Morgan fingerprint density at radius 1 is 0.847 bits per heavy atom. The first-order valence-corrected chi connectivity index (χ1v) is 20.8. The van der Waals surface area contributed by atoms with E-state index in [0.717, 1.165) is 45.5 Å². The highest BCUT2D eigenvalue weighted by atomic mass is 16.6. The Morgan fingerprint density at radius 2 is 1.46 bits per heavy atom. The van der Waals surface area contributed by atoms with Crippen LogP contribution in [-0.4, -0.2) is 45.9 Å². The van der Waals surface area contributed by atoms with E-state index in [-0.39, 0.29) is 18.5 Å². The van der Waals surface area contributed by atoms with Crippen molar-refractivity contribution in [3.8, 4) is 0 Å². The number of anilines is 4. The molecule has 5 aromatic carbocycles. The minimum absolute atomic E-state index is 0.0635. The molecule has 2 atom stereocenters. The zero-order valence-electron chi connectivity index (χ0n) is 36.7. The molecule has 5 rings (SSSR count). The Balaban J connectivity index is 1.58. The van der Waals surface area contributed by atoms with E-state index < -0.39 is 6.10 Å². The van der Waals surface area contributed by atoms with E-state index in [4.69, 9.17) is 9.47 Å². The number of nitrogens with zero attached hydrogens (tertiary/aromatic N) is 2. The molecule has 0 heterocycles. The summed E-state index contributed by atoms with van der Waals surface area (Å²) in [7, 11) is 4.26. The lowest BCUT2D eigenvalue weighted by molar-refractivity contribution is -0.151. The van der Waals surface area contributed by atoms with Gasteiger partial charge in [0, 0.05) is 60.3 Å². The van der Waals surface area contributed by atoms with Gasteiger partial charge in [-0.2, -0.15) is 0 Å². The van der Waals surface area contributed by atoms with E-state index in [2.05, 4.69) is 186 Å². The normalized spacial score (nSPS) is 12.8. The summed E-state index contributed by atoms with van der Waals surface area (Å²) in [5.41, 5.74) is 15.1. The van der Waals surface area contributed by atoms with Gasteiger partial charge in [-0.25, -0.2) is 0 Å². The van der Waals surface area contributed by atoms with Crippen molar-refractivity contribution in [3.63, 3.8) is 0 Å². The number of hydrogen-bond acceptors (Lipinski definition) is 6. The fraction of sp³-hybridized carbons (Fsp3) is 0.302. The second-order valence-corrected chi connectivity index (χ2v) is 15.6. The van der Waals surface area contributed by atoms with Crippen LogP contribution in [-0.2, 0) is 14.3 Å². The first-order chi connectivity index (χ1) is 28.4. The highest BCUT2D eigenvalue weighted by Gasteiger charge is 2.23. The topological polar surface area (TPSA) is 54.0 Å². The molecule has 0 aliphatic carbocycles. The summed E-state index contributed by atoms with van der Waals surface area (Å²) in [5, 5.41) is 5.84. The Hall–Kier alpha value is -5.85. The third-order valence-corrected chi connectivity index (χ3v) is 10.8. The number of nitrogens with one attached hydrogen (secondary N) is 1. The molecular weight excluding hydrogens is 727 g/mol. The molecule has 0 radical (unpaired) electrons. The molecule has 308 valence electrons. The smallest absolute Gasteiger partial charge is 0.306 e. The Morgan fingerprint density at radius 3 is 2.03 bits per heavy atom. The van der Waals surface area contributed by atoms with Gasteiger partial charge in [-0.15, -0.1) is 6.58 Å². The Labute approximate surface area is 353 Å². The molecule has 6 heteroatoms. The number of likely N-dealkylation sites (N-methyl/N-ethyl adjacent to an activating group) is 1. The maximum atomic E-state index is 12.5. The third-order valence-electron chi connectivity index (χ3n) is 10.8. The number of esters is 1. The highest BCUT2D eigenvalue weighted by molar-refractivity contribution is 5.97. The summed E-state index contributed by atoms with van der Waals surface area (Å²) in [5.74, 6) is -0.283. The van der Waals surface area contributed by atoms with Crippen molar-refractivity contribution in [3.05, 3.63) is 179 Å². The Kier molecular flexibility index (Phi) is 15.5. The molecule has 0 saturated heterocycles. The fourth-order valence-corrected chi connectivity index (χ4v) is 8.33. The van der Waals surface area contributed by atoms with Gasteiger partial charge >= 0.3 is 5.97 Å². The number of carbonyl (C=O) groups is 1. The molecular formula is C53H63N3O3. The van der Waals surface area contributed by atoms with Crippen LogP contribution in [0.25, 0.3) is 10.8 Å². The van der Waals surface area contributed by atoms with E-state index in [1.807, 2.05) is 13.8 Å². The van der Waals surface area contributed by atoms with Crippen molar-refractivity contribution < 1.29 is 14.3 Å². The SMILES string of the molecule is C=CCOCC(CNc1ccc(C(c2ccc(N(C)/C(C(=C)C)=C(C)/C=C/C)cc2)c2ccc(N(C)c3c(C)cc(C)cc3C)cc2)c2ccccc12)OC(=O)CCC. The van der Waals surface area contributed by atoms with Gasteiger partial charge in [-0.05, 0) is 123 Å². The van der Waals surface area contributed by atoms with Crippen LogP contribution in [0, 0.1) is 20.8 Å². The molecule has 2 unspecified atom stereocenters. The molecule has 0 aromatic heterocycles. The van der Waals surface area contributed by atoms with Crippen molar-refractivity contribution in [2.45, 2.75) is 73.3 Å². The number of carbonyl (C=O) groups excluding carboxylic acids is 1. The van der Waals surface area contributed by atoms with Crippen LogP contribution in [0.2, 0.25) is 0 Å². The van der Waals surface area contributed by atoms with Crippen LogP contribution in [0.5, 0.6) is 0 Å². The van der Waals surface area contributed by atoms with E-state index in [1.54, 1.807) is 6.08 Å². The predicted molar refractivity (Wildman–Crippen MR) is 252 cm³/mol. The largest absolute Gasteiger partial charge is 0.458 e. The van der Waals surface area contributed by atoms with E-state index in [0.29, 0.717) is 19.6 Å². The molecule has 59 heavy (non-hydrogen) atoms. The third kappa shape index (κ3) is 10.8. The summed E-state index contributed by atoms with van der Waals surface area (Å²) >= 11 is 0. The number of fused-ring (bicyclic) bond motifs is 1. The summed E-state index contributed by atoms with van der Waals surface area (Å²) < 4.78 is 11.6. The summed E-state index contributed by atoms with van der Waals surface area (Å²) in [4.78, 5) is 17.0. The first kappa shape index (κ1) is 44.3. The molecule has 0 aliphatic rings. The van der Waals surface area contributed by atoms with Crippen molar-refractivity contribution >= 4 is 39.5 Å². The number of benzene rings is 5. The quantitative estimate of drug-likeness (QED) is 0.0296. The molecule has 6 nitrogen and oxygen atoms in total. The molecule has 0 aliphatic heterocycles. The van der Waals surface area contributed by atoms with Gasteiger partial charge in [0.1, 0.15) is 6.10 Å². The average Bonchev–Trinajstić information content (AvgIpc) is 3.20. The maximum absolute atomic E-state index is 12.5. The van der Waals surface area contributed by atoms with Crippen molar-refractivity contribution in [1.29, 1.82) is 0 Å². The lowest BCUT2D eigenvalue weighted by Crippen LogP contribution is -2.31. The Bertz CT molecular complexity index is 2280. The average molecular weight is 790 g/mol. The summed E-state index contributed by atoms with van der Waals surface area (Å²) in [6.07, 6.45) is 6.56. The zero-order chi connectivity index (χ0) is 42.6. The second kappa shape index (κ2) is 20.7. The van der Waals surface area contributed by atoms with Crippen molar-refractivity contribution in [1.82, 2.24) is 0 Å². The van der Waals surface area contributed by atoms with Crippen LogP contribution in [0.1, 0.15) is 79.8 Å². The fourth-order valence-electron chi connectivity index (χ4n) is 8.33. The number of allylic oxidation sites excluding steroid dienone is 4. The monoisotopic (exact) mass is 789 g/mol. The van der Waals surface area contributed by atoms with Crippen LogP contribution in [0.15, 0.2) is 145 Å². The lowest BCUT2D eigenvalue weighted by Gasteiger charge is -2.27. The van der Waals surface area contributed by atoms with Gasteiger partial charge in [0.05, 0.1) is 19.8 Å². The standard InChI is InChI=1S/C53H63N3O3/c1-12-17-38(7)52(36(4)5)55(10)43-25-21-41(22-26-43)51(42-23-27-44(28-24-42)56(11)53-39(8)32-37(6)33-40(53)9)48-29-30-49(47-20-16-15-19-46(47)48)54-34-45(35-58-31-14-3)59-50(57)18-13-2/h12,14-17,19-30,32-33,45,51,54H,3-4,13,18,31,34-35H2,1-2,5-11H3/b17-12+,52-38+. The number of hydrogen-bond donors (Lipinski definition) is 1.